The fourth-order valence-corrected chi connectivity index (χ4v) is 3.54. The number of hydrogen-bond acceptors (Lipinski definition) is 5. The molecule has 0 saturated carbocycles. The third-order valence-corrected chi connectivity index (χ3v) is 5.19. The number of nitrogens with one attached hydrogen (secondary N) is 1. The van der Waals surface area contributed by atoms with Crippen molar-refractivity contribution in [2.75, 3.05) is 12.8 Å². The third-order valence-electron chi connectivity index (χ3n) is 3.94. The zero-order valence-corrected chi connectivity index (χ0v) is 15.2. The normalized spacial score (nSPS) is 17.4. The molecule has 1 amide bonds. The number of amides is 1. The average Bonchev–Trinajstić information content (AvgIpc) is 2.73. The van der Waals surface area contributed by atoms with E-state index in [1.54, 1.807) is 10.7 Å². The van der Waals surface area contributed by atoms with Gasteiger partial charge in [0.25, 0.3) is 0 Å². The van der Waals surface area contributed by atoms with Gasteiger partial charge in [-0.2, -0.15) is 9.40 Å². The molecule has 2 heterocycles. The summed E-state index contributed by atoms with van der Waals surface area (Å²) in [6, 6.07) is 1.80. The van der Waals surface area contributed by atoms with Crippen LogP contribution in [0.25, 0.3) is 0 Å². The lowest BCUT2D eigenvalue weighted by atomic mass is 10.1. The maximum Gasteiger partial charge on any atom is 0.249 e. The number of hydrogen-bond donors (Lipinski definition) is 2. The molecule has 1 unspecified atom stereocenters. The first kappa shape index (κ1) is 18.9. The van der Waals surface area contributed by atoms with Crippen molar-refractivity contribution in [1.82, 2.24) is 19.4 Å². The van der Waals surface area contributed by atoms with Crippen LogP contribution >= 0.6 is 0 Å². The lowest BCUT2D eigenvalue weighted by Crippen LogP contribution is -2.35. The van der Waals surface area contributed by atoms with Crippen molar-refractivity contribution in [3.8, 4) is 0 Å². The van der Waals surface area contributed by atoms with Gasteiger partial charge in [-0.3, -0.25) is 9.48 Å². The Hall–Kier alpha value is -1.45. The second kappa shape index (κ2) is 7.62. The van der Waals surface area contributed by atoms with Crippen LogP contribution in [0.5, 0.6) is 0 Å². The standard InChI is InChI=1S/C15H26N4O4S/c1-11(2)7-14(20)15(21)16-9-12-8-13-10-18(24(3,22)23)5-4-6-19(13)17-12/h8,11,14,20H,4-7,9-10H2,1-3H3,(H,16,21). The number of nitrogens with zero attached hydrogens (tertiary/aromatic N) is 3. The number of carbonyl (C=O) groups is 1. The molecule has 1 aromatic heterocycles. The van der Waals surface area contributed by atoms with Crippen LogP contribution in [0.2, 0.25) is 0 Å². The molecule has 1 aromatic rings. The van der Waals surface area contributed by atoms with Gasteiger partial charge in [0.15, 0.2) is 0 Å². The first-order valence-electron chi connectivity index (χ1n) is 8.13. The zero-order valence-electron chi connectivity index (χ0n) is 14.4. The van der Waals surface area contributed by atoms with Crippen LogP contribution in [0, 0.1) is 5.92 Å². The molecular formula is C15H26N4O4S. The van der Waals surface area contributed by atoms with E-state index in [9.17, 15) is 18.3 Å². The minimum atomic E-state index is -3.24. The van der Waals surface area contributed by atoms with Gasteiger partial charge in [-0.05, 0) is 24.8 Å². The first-order valence-corrected chi connectivity index (χ1v) is 9.98. The number of aryl methyl sites for hydroxylation is 1. The van der Waals surface area contributed by atoms with E-state index in [0.717, 1.165) is 5.69 Å². The summed E-state index contributed by atoms with van der Waals surface area (Å²) in [5.41, 5.74) is 1.47. The Morgan fingerprint density at radius 1 is 1.42 bits per heavy atom. The van der Waals surface area contributed by atoms with Crippen molar-refractivity contribution in [2.45, 2.75) is 52.4 Å². The van der Waals surface area contributed by atoms with Crippen LogP contribution in [-0.4, -0.2) is 52.4 Å². The smallest absolute Gasteiger partial charge is 0.249 e. The summed E-state index contributed by atoms with van der Waals surface area (Å²) in [5, 5.41) is 16.9. The van der Waals surface area contributed by atoms with Gasteiger partial charge in [0.1, 0.15) is 6.10 Å². The molecule has 1 atom stereocenters. The lowest BCUT2D eigenvalue weighted by Gasteiger charge is -2.16. The van der Waals surface area contributed by atoms with Gasteiger partial charge in [0.05, 0.1) is 30.7 Å². The maximum atomic E-state index is 11.9. The van der Waals surface area contributed by atoms with Gasteiger partial charge in [0.2, 0.25) is 15.9 Å². The van der Waals surface area contributed by atoms with Crippen LogP contribution in [0.15, 0.2) is 6.07 Å². The predicted octanol–water partition coefficient (Wildman–Crippen LogP) is 0.0716. The van der Waals surface area contributed by atoms with Gasteiger partial charge in [-0.25, -0.2) is 8.42 Å². The molecule has 9 heteroatoms. The minimum absolute atomic E-state index is 0.215. The molecule has 2 rings (SSSR count). The third kappa shape index (κ3) is 5.02. The van der Waals surface area contributed by atoms with Crippen molar-refractivity contribution in [3.05, 3.63) is 17.5 Å². The summed E-state index contributed by atoms with van der Waals surface area (Å²) in [6.45, 7) is 5.51. The number of aromatic nitrogens is 2. The molecule has 0 fully saturated rings. The fraction of sp³-hybridized carbons (Fsp3) is 0.733. The molecular weight excluding hydrogens is 332 g/mol. The number of carbonyl (C=O) groups excluding carboxylic acids is 1. The molecule has 8 nitrogen and oxygen atoms in total. The summed E-state index contributed by atoms with van der Waals surface area (Å²) in [4.78, 5) is 11.9. The van der Waals surface area contributed by atoms with Crippen molar-refractivity contribution >= 4 is 15.9 Å². The average molecular weight is 358 g/mol. The van der Waals surface area contributed by atoms with E-state index in [2.05, 4.69) is 10.4 Å². The van der Waals surface area contributed by atoms with Gasteiger partial charge >= 0.3 is 0 Å². The predicted molar refractivity (Wildman–Crippen MR) is 89.4 cm³/mol. The topological polar surface area (TPSA) is 105 Å². The summed E-state index contributed by atoms with van der Waals surface area (Å²) in [5.74, 6) is -0.180. The van der Waals surface area contributed by atoms with Crippen molar-refractivity contribution in [1.29, 1.82) is 0 Å². The highest BCUT2D eigenvalue weighted by Gasteiger charge is 2.23. The summed E-state index contributed by atoms with van der Waals surface area (Å²) in [7, 11) is -3.24. The summed E-state index contributed by atoms with van der Waals surface area (Å²) >= 11 is 0. The van der Waals surface area contributed by atoms with Crippen LogP contribution in [0.4, 0.5) is 0 Å². The van der Waals surface area contributed by atoms with Gasteiger partial charge < -0.3 is 10.4 Å². The molecule has 0 saturated heterocycles. The second-order valence-corrected chi connectivity index (χ2v) is 8.65. The molecule has 0 radical (unpaired) electrons. The zero-order chi connectivity index (χ0) is 17.9. The maximum absolute atomic E-state index is 11.9. The van der Waals surface area contributed by atoms with E-state index >= 15 is 0 Å². The molecule has 1 aliphatic heterocycles. The van der Waals surface area contributed by atoms with Crippen LogP contribution in [0.3, 0.4) is 0 Å². The Morgan fingerprint density at radius 3 is 2.75 bits per heavy atom. The SMILES string of the molecule is CC(C)CC(O)C(=O)NCc1cc2n(n1)CCCN(S(C)(=O)=O)C2. The Kier molecular flexibility index (Phi) is 6.00. The fourth-order valence-electron chi connectivity index (χ4n) is 2.71. The Bertz CT molecular complexity index is 684. The van der Waals surface area contributed by atoms with Gasteiger partial charge in [0, 0.05) is 13.1 Å². The highest BCUT2D eigenvalue weighted by atomic mass is 32.2. The monoisotopic (exact) mass is 358 g/mol. The summed E-state index contributed by atoms with van der Waals surface area (Å²) < 4.78 is 26.7. The van der Waals surface area contributed by atoms with Crippen LogP contribution in [-0.2, 0) is 34.5 Å². The molecule has 2 N–H and O–H groups in total. The Balaban J connectivity index is 1.99. The van der Waals surface area contributed by atoms with E-state index in [4.69, 9.17) is 0 Å². The van der Waals surface area contributed by atoms with Crippen molar-refractivity contribution < 1.29 is 18.3 Å². The quantitative estimate of drug-likeness (QED) is 0.749. The van der Waals surface area contributed by atoms with Gasteiger partial charge in [-0.15, -0.1) is 0 Å². The number of fused-ring (bicyclic) bond motifs is 1. The van der Waals surface area contributed by atoms with Crippen LogP contribution < -0.4 is 5.32 Å². The molecule has 0 spiro atoms. The number of sulfonamides is 1. The largest absolute Gasteiger partial charge is 0.383 e. The second-order valence-electron chi connectivity index (χ2n) is 6.66. The van der Waals surface area contributed by atoms with E-state index in [1.165, 1.54) is 10.6 Å². The highest BCUT2D eigenvalue weighted by Crippen LogP contribution is 2.16. The molecule has 0 bridgehead atoms. The molecule has 1 aliphatic rings. The first-order chi connectivity index (χ1) is 11.2. The molecule has 0 aliphatic carbocycles. The highest BCUT2D eigenvalue weighted by molar-refractivity contribution is 7.88. The molecule has 24 heavy (non-hydrogen) atoms. The van der Waals surface area contributed by atoms with E-state index in [-0.39, 0.29) is 19.0 Å². The lowest BCUT2D eigenvalue weighted by molar-refractivity contribution is -0.130. The van der Waals surface area contributed by atoms with E-state index in [1.807, 2.05) is 13.8 Å². The molecule has 0 aromatic carbocycles. The number of rotatable bonds is 6. The van der Waals surface area contributed by atoms with E-state index in [0.29, 0.717) is 31.6 Å². The van der Waals surface area contributed by atoms with Gasteiger partial charge in [-0.1, -0.05) is 13.8 Å². The Labute approximate surface area is 142 Å². The molecule has 136 valence electrons. The van der Waals surface area contributed by atoms with Crippen molar-refractivity contribution in [2.24, 2.45) is 5.92 Å². The number of aliphatic hydroxyl groups is 1. The Morgan fingerprint density at radius 2 is 2.12 bits per heavy atom. The van der Waals surface area contributed by atoms with Crippen molar-refractivity contribution in [3.63, 3.8) is 0 Å². The number of aliphatic hydroxyl groups excluding tert-OH is 1. The van der Waals surface area contributed by atoms with Crippen LogP contribution in [0.1, 0.15) is 38.1 Å². The van der Waals surface area contributed by atoms with E-state index < -0.39 is 22.0 Å². The minimum Gasteiger partial charge on any atom is -0.383 e. The summed E-state index contributed by atoms with van der Waals surface area (Å²) in [6.07, 6.45) is 1.29.